The first kappa shape index (κ1) is 18.3. The van der Waals surface area contributed by atoms with E-state index in [0.717, 1.165) is 5.56 Å². The standard InChI is InChI=1S/C19H24O4S/c1-9-8-16(11(3)13(5)17(9)20)24(22,23)19-14(6)10(2)12(4)18(21)15(19)7/h8,20-21H,1-7H3. The fourth-order valence-corrected chi connectivity index (χ4v) is 5.29. The lowest BCUT2D eigenvalue weighted by Crippen LogP contribution is -2.11. The van der Waals surface area contributed by atoms with Crippen molar-refractivity contribution >= 4 is 9.84 Å². The Labute approximate surface area is 143 Å². The lowest BCUT2D eigenvalue weighted by molar-refractivity contribution is 0.462. The van der Waals surface area contributed by atoms with E-state index in [4.69, 9.17) is 0 Å². The van der Waals surface area contributed by atoms with Gasteiger partial charge >= 0.3 is 0 Å². The van der Waals surface area contributed by atoms with Crippen LogP contribution in [-0.2, 0) is 9.84 Å². The SMILES string of the molecule is Cc1cc(S(=O)(=O)c2c(C)c(C)c(C)c(O)c2C)c(C)c(C)c1O. The molecule has 4 nitrogen and oxygen atoms in total. The summed E-state index contributed by atoms with van der Waals surface area (Å²) in [6.07, 6.45) is 0. The average molecular weight is 348 g/mol. The summed E-state index contributed by atoms with van der Waals surface area (Å²) in [5, 5.41) is 20.4. The molecule has 2 aromatic carbocycles. The Hall–Kier alpha value is -2.01. The molecule has 0 heterocycles. The van der Waals surface area contributed by atoms with Gasteiger partial charge in [-0.05, 0) is 87.9 Å². The number of sulfone groups is 1. The normalized spacial score (nSPS) is 11.8. The van der Waals surface area contributed by atoms with Crippen molar-refractivity contribution in [3.05, 3.63) is 45.0 Å². The van der Waals surface area contributed by atoms with E-state index in [0.29, 0.717) is 33.4 Å². The molecule has 5 heteroatoms. The maximum atomic E-state index is 13.3. The van der Waals surface area contributed by atoms with Crippen LogP contribution in [0.2, 0.25) is 0 Å². The fourth-order valence-electron chi connectivity index (χ4n) is 3.12. The summed E-state index contributed by atoms with van der Waals surface area (Å²) in [7, 11) is -3.83. The zero-order valence-electron chi connectivity index (χ0n) is 15.2. The van der Waals surface area contributed by atoms with Gasteiger partial charge in [-0.2, -0.15) is 0 Å². The van der Waals surface area contributed by atoms with Crippen molar-refractivity contribution in [1.29, 1.82) is 0 Å². The van der Waals surface area contributed by atoms with Gasteiger partial charge in [-0.1, -0.05) is 0 Å². The van der Waals surface area contributed by atoms with Crippen LogP contribution in [0.25, 0.3) is 0 Å². The van der Waals surface area contributed by atoms with Gasteiger partial charge in [-0.25, -0.2) is 8.42 Å². The van der Waals surface area contributed by atoms with Gasteiger partial charge in [0.05, 0.1) is 9.79 Å². The van der Waals surface area contributed by atoms with Crippen molar-refractivity contribution in [1.82, 2.24) is 0 Å². The minimum absolute atomic E-state index is 0.0153. The zero-order valence-corrected chi connectivity index (χ0v) is 16.0. The van der Waals surface area contributed by atoms with Crippen molar-refractivity contribution in [2.75, 3.05) is 0 Å². The minimum atomic E-state index is -3.83. The summed E-state index contributed by atoms with van der Waals surface area (Å²) in [4.78, 5) is 0.319. The van der Waals surface area contributed by atoms with Crippen LogP contribution in [0.5, 0.6) is 11.5 Å². The molecular weight excluding hydrogens is 324 g/mol. The topological polar surface area (TPSA) is 74.6 Å². The number of aromatic hydroxyl groups is 2. The molecule has 0 aliphatic carbocycles. The molecule has 0 atom stereocenters. The van der Waals surface area contributed by atoms with Gasteiger partial charge in [0.25, 0.3) is 0 Å². The van der Waals surface area contributed by atoms with E-state index in [-0.39, 0.29) is 21.3 Å². The molecule has 0 saturated carbocycles. The van der Waals surface area contributed by atoms with Crippen LogP contribution in [0.1, 0.15) is 38.9 Å². The van der Waals surface area contributed by atoms with Crippen molar-refractivity contribution in [2.45, 2.75) is 58.3 Å². The van der Waals surface area contributed by atoms with Gasteiger partial charge in [0, 0.05) is 5.56 Å². The van der Waals surface area contributed by atoms with E-state index in [1.54, 1.807) is 41.5 Å². The minimum Gasteiger partial charge on any atom is -0.507 e. The van der Waals surface area contributed by atoms with Gasteiger partial charge in [0.15, 0.2) is 0 Å². The third kappa shape index (κ3) is 2.47. The van der Waals surface area contributed by atoms with Crippen molar-refractivity contribution < 1.29 is 18.6 Å². The molecule has 0 unspecified atom stereocenters. The average Bonchev–Trinajstić information content (AvgIpc) is 2.52. The first-order valence-electron chi connectivity index (χ1n) is 7.77. The Morgan fingerprint density at radius 1 is 0.667 bits per heavy atom. The van der Waals surface area contributed by atoms with Crippen LogP contribution in [0, 0.1) is 48.5 Å². The molecule has 24 heavy (non-hydrogen) atoms. The summed E-state index contributed by atoms with van der Waals surface area (Å²) in [6.45, 7) is 12.0. The molecule has 0 saturated heterocycles. The highest BCUT2D eigenvalue weighted by Crippen LogP contribution is 2.39. The summed E-state index contributed by atoms with van der Waals surface area (Å²) in [6, 6.07) is 1.50. The quantitative estimate of drug-likeness (QED) is 0.857. The molecule has 0 radical (unpaired) electrons. The second-order valence-electron chi connectivity index (χ2n) is 6.47. The van der Waals surface area contributed by atoms with Crippen LogP contribution >= 0.6 is 0 Å². The molecule has 2 aromatic rings. The number of rotatable bonds is 2. The van der Waals surface area contributed by atoms with Crippen LogP contribution in [0.15, 0.2) is 15.9 Å². The van der Waals surface area contributed by atoms with E-state index in [1.807, 2.05) is 6.92 Å². The lowest BCUT2D eigenvalue weighted by atomic mass is 9.99. The Morgan fingerprint density at radius 3 is 1.71 bits per heavy atom. The van der Waals surface area contributed by atoms with Gasteiger partial charge in [-0.3, -0.25) is 0 Å². The molecule has 0 spiro atoms. The second-order valence-corrected chi connectivity index (χ2v) is 8.33. The highest BCUT2D eigenvalue weighted by atomic mass is 32.2. The molecular formula is C19H24O4S. The molecule has 2 rings (SSSR count). The van der Waals surface area contributed by atoms with Gasteiger partial charge < -0.3 is 10.2 Å². The summed E-state index contributed by atoms with van der Waals surface area (Å²) >= 11 is 0. The number of hydrogen-bond acceptors (Lipinski definition) is 4. The Balaban J connectivity index is 2.94. The van der Waals surface area contributed by atoms with Crippen LogP contribution in [0.4, 0.5) is 0 Å². The number of phenolic OH excluding ortho intramolecular Hbond substituents is 2. The highest BCUT2D eigenvalue weighted by molar-refractivity contribution is 7.91. The first-order chi connectivity index (χ1) is 10.9. The van der Waals surface area contributed by atoms with Gasteiger partial charge in [0.2, 0.25) is 9.84 Å². The Kier molecular flexibility index (Phi) is 4.44. The van der Waals surface area contributed by atoms with Crippen molar-refractivity contribution in [3.8, 4) is 11.5 Å². The van der Waals surface area contributed by atoms with E-state index in [2.05, 4.69) is 0 Å². The third-order valence-electron chi connectivity index (χ3n) is 5.08. The van der Waals surface area contributed by atoms with Crippen molar-refractivity contribution in [2.24, 2.45) is 0 Å². The summed E-state index contributed by atoms with van der Waals surface area (Å²) in [5.74, 6) is 0.129. The van der Waals surface area contributed by atoms with Crippen LogP contribution in [-0.4, -0.2) is 18.6 Å². The van der Waals surface area contributed by atoms with Crippen LogP contribution < -0.4 is 0 Å². The second kappa shape index (κ2) is 5.81. The maximum Gasteiger partial charge on any atom is 0.207 e. The largest absolute Gasteiger partial charge is 0.507 e. The van der Waals surface area contributed by atoms with Crippen LogP contribution in [0.3, 0.4) is 0 Å². The molecule has 0 bridgehead atoms. The number of hydrogen-bond donors (Lipinski definition) is 2. The Bertz CT molecular complexity index is 925. The van der Waals surface area contributed by atoms with E-state index in [1.165, 1.54) is 6.07 Å². The van der Waals surface area contributed by atoms with Gasteiger partial charge in [-0.15, -0.1) is 0 Å². The summed E-state index contributed by atoms with van der Waals surface area (Å²) in [5.41, 5.74) is 4.05. The lowest BCUT2D eigenvalue weighted by Gasteiger charge is -2.20. The number of aryl methyl sites for hydroxylation is 1. The molecule has 0 amide bonds. The van der Waals surface area contributed by atoms with E-state index >= 15 is 0 Å². The molecule has 2 N–H and O–H groups in total. The molecule has 130 valence electrons. The van der Waals surface area contributed by atoms with E-state index in [9.17, 15) is 18.6 Å². The van der Waals surface area contributed by atoms with Crippen molar-refractivity contribution in [3.63, 3.8) is 0 Å². The molecule has 0 aromatic heterocycles. The molecule has 0 aliphatic heterocycles. The van der Waals surface area contributed by atoms with Gasteiger partial charge in [0.1, 0.15) is 11.5 Å². The maximum absolute atomic E-state index is 13.3. The Morgan fingerprint density at radius 2 is 1.17 bits per heavy atom. The summed E-state index contributed by atoms with van der Waals surface area (Å²) < 4.78 is 26.7. The highest BCUT2D eigenvalue weighted by Gasteiger charge is 2.29. The smallest absolute Gasteiger partial charge is 0.207 e. The zero-order chi connectivity index (χ0) is 18.6. The third-order valence-corrected chi connectivity index (χ3v) is 7.24. The predicted octanol–water partition coefficient (Wildman–Crippen LogP) is 4.09. The predicted molar refractivity (Wildman–Crippen MR) is 94.8 cm³/mol. The molecule has 0 fully saturated rings. The van der Waals surface area contributed by atoms with E-state index < -0.39 is 9.84 Å². The number of phenols is 2. The first-order valence-corrected chi connectivity index (χ1v) is 9.25. The number of benzene rings is 2. The molecule has 0 aliphatic rings. The monoisotopic (exact) mass is 348 g/mol. The fraction of sp³-hybridized carbons (Fsp3) is 0.368.